The lowest BCUT2D eigenvalue weighted by molar-refractivity contribution is 0.177. The third-order valence-corrected chi connectivity index (χ3v) is 4.18. The van der Waals surface area contributed by atoms with E-state index in [-0.39, 0.29) is 0 Å². The van der Waals surface area contributed by atoms with Crippen molar-refractivity contribution in [1.82, 2.24) is 4.98 Å². The van der Waals surface area contributed by atoms with Crippen molar-refractivity contribution in [3.63, 3.8) is 0 Å². The summed E-state index contributed by atoms with van der Waals surface area (Å²) in [5, 5.41) is 13.2. The number of thiazole rings is 1. The third-order valence-electron chi connectivity index (χ3n) is 3.20. The molecular weight excluding hydrogens is 256 g/mol. The molecule has 3 nitrogen and oxygen atoms in total. The fraction of sp³-hybridized carbons (Fsp3) is 0.400. The summed E-state index contributed by atoms with van der Waals surface area (Å²) in [6.07, 6.45) is 0.0763. The van der Waals surface area contributed by atoms with Crippen LogP contribution in [0.5, 0.6) is 0 Å². The second kappa shape index (κ2) is 6.17. The number of nitrogens with zero attached hydrogens (tertiary/aromatic N) is 2. The van der Waals surface area contributed by atoms with Crippen LogP contribution in [0.3, 0.4) is 0 Å². The van der Waals surface area contributed by atoms with Gasteiger partial charge in [-0.1, -0.05) is 30.3 Å². The molecule has 1 aromatic heterocycles. The van der Waals surface area contributed by atoms with Crippen LogP contribution in [0.25, 0.3) is 0 Å². The van der Waals surface area contributed by atoms with E-state index in [4.69, 9.17) is 0 Å². The van der Waals surface area contributed by atoms with Crippen molar-refractivity contribution in [2.24, 2.45) is 0 Å². The van der Waals surface area contributed by atoms with Crippen molar-refractivity contribution < 1.29 is 5.11 Å². The quantitative estimate of drug-likeness (QED) is 0.910. The van der Waals surface area contributed by atoms with Gasteiger partial charge in [0.2, 0.25) is 0 Å². The zero-order valence-corrected chi connectivity index (χ0v) is 12.4. The average Bonchev–Trinajstić information content (AvgIpc) is 2.87. The topological polar surface area (TPSA) is 36.4 Å². The zero-order valence-electron chi connectivity index (χ0n) is 11.6. The van der Waals surface area contributed by atoms with Crippen LogP contribution in [0.2, 0.25) is 0 Å². The van der Waals surface area contributed by atoms with Gasteiger partial charge in [-0.05, 0) is 19.4 Å². The normalized spacial score (nSPS) is 12.7. The molecule has 0 aliphatic carbocycles. The molecule has 1 unspecified atom stereocenters. The van der Waals surface area contributed by atoms with Crippen molar-refractivity contribution in [3.05, 3.63) is 47.0 Å². The van der Waals surface area contributed by atoms with E-state index in [2.05, 4.69) is 23.7 Å². The van der Waals surface area contributed by atoms with Crippen molar-refractivity contribution in [2.45, 2.75) is 32.4 Å². The Bertz CT molecular complexity index is 510. The number of aliphatic hydroxyl groups is 1. The number of aliphatic hydroxyl groups excluding tert-OH is 1. The molecular formula is C15H20N2OS. The zero-order chi connectivity index (χ0) is 13.8. The summed E-state index contributed by atoms with van der Waals surface area (Å²) in [4.78, 5) is 6.72. The summed E-state index contributed by atoms with van der Waals surface area (Å²) in [7, 11) is 2.04. The Morgan fingerprint density at radius 1 is 1.26 bits per heavy atom. The van der Waals surface area contributed by atoms with E-state index in [9.17, 15) is 5.11 Å². The molecule has 0 saturated heterocycles. The molecule has 19 heavy (non-hydrogen) atoms. The van der Waals surface area contributed by atoms with E-state index in [0.29, 0.717) is 12.5 Å². The van der Waals surface area contributed by atoms with Crippen molar-refractivity contribution >= 4 is 16.5 Å². The van der Waals surface area contributed by atoms with Crippen LogP contribution in [-0.4, -0.2) is 23.2 Å². The number of rotatable bonds is 5. The number of aromatic nitrogens is 1. The fourth-order valence-corrected chi connectivity index (χ4v) is 2.70. The molecule has 1 N–H and O–H groups in total. The molecule has 102 valence electrons. The first-order valence-electron chi connectivity index (χ1n) is 6.48. The first-order chi connectivity index (χ1) is 9.08. The predicted molar refractivity (Wildman–Crippen MR) is 80.8 cm³/mol. The van der Waals surface area contributed by atoms with E-state index >= 15 is 0 Å². The second-order valence-corrected chi connectivity index (χ2v) is 5.79. The molecule has 1 aromatic carbocycles. The Hall–Kier alpha value is -1.39. The lowest BCUT2D eigenvalue weighted by Crippen LogP contribution is -2.25. The maximum absolute atomic E-state index is 10.2. The molecule has 0 aliphatic heterocycles. The Labute approximate surface area is 118 Å². The van der Waals surface area contributed by atoms with Crippen LogP contribution in [0.15, 0.2) is 35.7 Å². The molecule has 0 radical (unpaired) electrons. The highest BCUT2D eigenvalue weighted by Gasteiger charge is 2.13. The summed E-state index contributed by atoms with van der Waals surface area (Å²) < 4.78 is 0. The lowest BCUT2D eigenvalue weighted by atomic mass is 10.1. The minimum absolute atomic E-state index is 0.429. The average molecular weight is 276 g/mol. The maximum atomic E-state index is 10.2. The Morgan fingerprint density at radius 2 is 1.95 bits per heavy atom. The molecule has 2 aromatic rings. The van der Waals surface area contributed by atoms with Gasteiger partial charge < -0.3 is 10.0 Å². The molecule has 1 atom stereocenters. The minimum Gasteiger partial charge on any atom is -0.388 e. The van der Waals surface area contributed by atoms with Gasteiger partial charge in [-0.25, -0.2) is 4.98 Å². The summed E-state index contributed by atoms with van der Waals surface area (Å²) in [6, 6.07) is 10.2. The van der Waals surface area contributed by atoms with Gasteiger partial charge in [0, 0.05) is 24.9 Å². The van der Waals surface area contributed by atoms with E-state index in [0.717, 1.165) is 16.4 Å². The maximum Gasteiger partial charge on any atom is 0.185 e. The predicted octanol–water partition coefficient (Wildman–Crippen LogP) is 3.26. The molecule has 0 bridgehead atoms. The SMILES string of the molecule is CC(C)N(C)c1nc(CC(O)c2ccccc2)cs1. The van der Waals surface area contributed by atoms with Gasteiger partial charge in [0.15, 0.2) is 5.13 Å². The fourth-order valence-electron chi connectivity index (χ4n) is 1.76. The van der Waals surface area contributed by atoms with E-state index in [1.165, 1.54) is 0 Å². The van der Waals surface area contributed by atoms with Crippen LogP contribution in [-0.2, 0) is 6.42 Å². The summed E-state index contributed by atoms with van der Waals surface area (Å²) in [6.45, 7) is 4.28. The lowest BCUT2D eigenvalue weighted by Gasteiger charge is -2.19. The number of anilines is 1. The monoisotopic (exact) mass is 276 g/mol. The highest BCUT2D eigenvalue weighted by atomic mass is 32.1. The van der Waals surface area contributed by atoms with Crippen LogP contribution >= 0.6 is 11.3 Å². The molecule has 0 aliphatic rings. The van der Waals surface area contributed by atoms with Crippen molar-refractivity contribution in [1.29, 1.82) is 0 Å². The first kappa shape index (κ1) is 14.0. The van der Waals surface area contributed by atoms with Crippen molar-refractivity contribution in [2.75, 3.05) is 11.9 Å². The van der Waals surface area contributed by atoms with E-state index in [1.807, 2.05) is 42.8 Å². The van der Waals surface area contributed by atoms with Gasteiger partial charge in [0.1, 0.15) is 0 Å². The van der Waals surface area contributed by atoms with Gasteiger partial charge in [0.05, 0.1) is 11.8 Å². The van der Waals surface area contributed by atoms with Crippen LogP contribution in [0.4, 0.5) is 5.13 Å². The Balaban J connectivity index is 2.04. The third kappa shape index (κ3) is 3.55. The van der Waals surface area contributed by atoms with Crippen LogP contribution in [0, 0.1) is 0 Å². The molecule has 0 spiro atoms. The molecule has 1 heterocycles. The smallest absolute Gasteiger partial charge is 0.185 e. The van der Waals surface area contributed by atoms with Crippen LogP contribution in [0.1, 0.15) is 31.2 Å². The van der Waals surface area contributed by atoms with Crippen molar-refractivity contribution in [3.8, 4) is 0 Å². The van der Waals surface area contributed by atoms with E-state index < -0.39 is 6.10 Å². The molecule has 2 rings (SSSR count). The second-order valence-electron chi connectivity index (χ2n) is 4.96. The van der Waals surface area contributed by atoms with Gasteiger partial charge in [0.25, 0.3) is 0 Å². The summed E-state index contributed by atoms with van der Waals surface area (Å²) >= 11 is 1.63. The van der Waals surface area contributed by atoms with Gasteiger partial charge in [-0.3, -0.25) is 0 Å². The van der Waals surface area contributed by atoms with Gasteiger partial charge in [-0.15, -0.1) is 11.3 Å². The highest BCUT2D eigenvalue weighted by Crippen LogP contribution is 2.24. The molecule has 4 heteroatoms. The Kier molecular flexibility index (Phi) is 4.56. The molecule has 0 fully saturated rings. The van der Waals surface area contributed by atoms with Gasteiger partial charge >= 0.3 is 0 Å². The van der Waals surface area contributed by atoms with Crippen LogP contribution < -0.4 is 4.90 Å². The molecule has 0 amide bonds. The number of benzene rings is 1. The first-order valence-corrected chi connectivity index (χ1v) is 7.36. The largest absolute Gasteiger partial charge is 0.388 e. The Morgan fingerprint density at radius 3 is 2.58 bits per heavy atom. The molecule has 0 saturated carbocycles. The summed E-state index contributed by atoms with van der Waals surface area (Å²) in [5.74, 6) is 0. The summed E-state index contributed by atoms with van der Waals surface area (Å²) in [5.41, 5.74) is 1.89. The minimum atomic E-state index is -0.486. The number of hydrogen-bond donors (Lipinski definition) is 1. The van der Waals surface area contributed by atoms with E-state index in [1.54, 1.807) is 11.3 Å². The standard InChI is InChI=1S/C15H20N2OS/c1-11(2)17(3)15-16-13(10-19-15)9-14(18)12-7-5-4-6-8-12/h4-8,10-11,14,18H,9H2,1-3H3. The van der Waals surface area contributed by atoms with Gasteiger partial charge in [-0.2, -0.15) is 0 Å². The highest BCUT2D eigenvalue weighted by molar-refractivity contribution is 7.13. The number of hydrogen-bond acceptors (Lipinski definition) is 4.